The zero-order valence-corrected chi connectivity index (χ0v) is 13.9. The lowest BCUT2D eigenvalue weighted by molar-refractivity contribution is 0.102. The number of amides is 1. The number of fused-ring (bicyclic) bond motifs is 1. The second-order valence-electron chi connectivity index (χ2n) is 6.73. The Bertz CT molecular complexity index is 954. The Hall–Kier alpha value is -2.95. The summed E-state index contributed by atoms with van der Waals surface area (Å²) in [6.45, 7) is 6.20. The van der Waals surface area contributed by atoms with Crippen molar-refractivity contribution in [3.05, 3.63) is 70.3 Å². The maximum Gasteiger partial charge on any atom is 0.274 e. The van der Waals surface area contributed by atoms with Gasteiger partial charge in [0.2, 0.25) is 5.56 Å². The fraction of sp³-hybridized carbons (Fsp3) is 0.211. The number of anilines is 1. The molecule has 0 fully saturated rings. The Morgan fingerprint density at radius 1 is 1.12 bits per heavy atom. The average molecular weight is 321 g/mol. The molecule has 0 atom stereocenters. The Kier molecular flexibility index (Phi) is 3.93. The molecule has 1 aromatic carbocycles. The van der Waals surface area contributed by atoms with Crippen LogP contribution in [0.3, 0.4) is 0 Å². The molecule has 24 heavy (non-hydrogen) atoms. The maximum atomic E-state index is 12.2. The summed E-state index contributed by atoms with van der Waals surface area (Å²) >= 11 is 0. The number of carbonyl (C=O) groups is 1. The molecule has 0 aliphatic carbocycles. The summed E-state index contributed by atoms with van der Waals surface area (Å²) in [5.74, 6) is -0.288. The first kappa shape index (κ1) is 15.9. The number of nitrogens with zero attached hydrogens (tertiary/aromatic N) is 1. The van der Waals surface area contributed by atoms with E-state index in [0.717, 1.165) is 10.9 Å². The SMILES string of the molecule is CC(C)(C)c1cc(=O)[nH]c2cc(NC(=O)c3ccccn3)ccc12. The van der Waals surface area contributed by atoms with E-state index in [2.05, 4.69) is 36.1 Å². The van der Waals surface area contributed by atoms with E-state index in [0.29, 0.717) is 16.9 Å². The molecule has 2 N–H and O–H groups in total. The van der Waals surface area contributed by atoms with Crippen molar-refractivity contribution < 1.29 is 4.79 Å². The van der Waals surface area contributed by atoms with E-state index in [9.17, 15) is 9.59 Å². The van der Waals surface area contributed by atoms with E-state index in [-0.39, 0.29) is 16.9 Å². The number of nitrogens with one attached hydrogen (secondary N) is 2. The summed E-state index contributed by atoms with van der Waals surface area (Å²) in [6.07, 6.45) is 1.57. The van der Waals surface area contributed by atoms with Gasteiger partial charge in [-0.25, -0.2) is 0 Å². The third kappa shape index (κ3) is 3.20. The highest BCUT2D eigenvalue weighted by Gasteiger charge is 2.18. The quantitative estimate of drug-likeness (QED) is 0.759. The normalized spacial score (nSPS) is 11.5. The van der Waals surface area contributed by atoms with Gasteiger partial charge in [-0.2, -0.15) is 0 Å². The second-order valence-corrected chi connectivity index (χ2v) is 6.73. The second kappa shape index (κ2) is 5.92. The molecule has 3 aromatic rings. The van der Waals surface area contributed by atoms with Gasteiger partial charge in [-0.1, -0.05) is 32.9 Å². The first-order chi connectivity index (χ1) is 11.3. The number of H-pyrrole nitrogens is 1. The molecule has 5 nitrogen and oxygen atoms in total. The Morgan fingerprint density at radius 2 is 1.92 bits per heavy atom. The van der Waals surface area contributed by atoms with Crippen LogP contribution < -0.4 is 10.9 Å². The monoisotopic (exact) mass is 321 g/mol. The minimum absolute atomic E-state index is 0.148. The number of benzene rings is 1. The summed E-state index contributed by atoms with van der Waals surface area (Å²) in [5, 5.41) is 3.77. The fourth-order valence-electron chi connectivity index (χ4n) is 2.65. The lowest BCUT2D eigenvalue weighted by atomic mass is 9.85. The van der Waals surface area contributed by atoms with Crippen molar-refractivity contribution in [1.82, 2.24) is 9.97 Å². The van der Waals surface area contributed by atoms with Gasteiger partial charge in [0, 0.05) is 23.3 Å². The van der Waals surface area contributed by atoms with E-state index in [1.54, 1.807) is 36.5 Å². The van der Waals surface area contributed by atoms with Crippen LogP contribution >= 0.6 is 0 Å². The van der Waals surface area contributed by atoms with Gasteiger partial charge in [-0.15, -0.1) is 0 Å². The van der Waals surface area contributed by atoms with Crippen molar-refractivity contribution in [3.63, 3.8) is 0 Å². The third-order valence-electron chi connectivity index (χ3n) is 3.81. The number of pyridine rings is 2. The van der Waals surface area contributed by atoms with Gasteiger partial charge in [0.1, 0.15) is 5.69 Å². The van der Waals surface area contributed by atoms with Crippen LogP contribution in [0.1, 0.15) is 36.8 Å². The average Bonchev–Trinajstić information content (AvgIpc) is 2.53. The number of aromatic amines is 1. The van der Waals surface area contributed by atoms with Crippen molar-refractivity contribution in [1.29, 1.82) is 0 Å². The summed E-state index contributed by atoms with van der Waals surface area (Å²) in [6, 6.07) is 12.3. The molecule has 122 valence electrons. The van der Waals surface area contributed by atoms with Crippen LogP contribution in [0, 0.1) is 0 Å². The molecule has 0 spiro atoms. The van der Waals surface area contributed by atoms with Crippen molar-refractivity contribution >= 4 is 22.5 Å². The van der Waals surface area contributed by atoms with Gasteiger partial charge in [-0.05, 0) is 35.2 Å². The van der Waals surface area contributed by atoms with E-state index >= 15 is 0 Å². The molecule has 0 aliphatic heterocycles. The molecular formula is C19H19N3O2. The summed E-state index contributed by atoms with van der Waals surface area (Å²) in [7, 11) is 0. The maximum absolute atomic E-state index is 12.2. The van der Waals surface area contributed by atoms with Gasteiger partial charge < -0.3 is 10.3 Å². The van der Waals surface area contributed by atoms with Crippen LogP contribution in [0.2, 0.25) is 0 Å². The van der Waals surface area contributed by atoms with Gasteiger partial charge in [0.25, 0.3) is 5.91 Å². The molecule has 0 bridgehead atoms. The number of hydrogen-bond donors (Lipinski definition) is 2. The first-order valence-electron chi connectivity index (χ1n) is 7.74. The molecule has 0 saturated carbocycles. The topological polar surface area (TPSA) is 74.8 Å². The van der Waals surface area contributed by atoms with Gasteiger partial charge in [0.05, 0.1) is 5.52 Å². The molecule has 0 aliphatic rings. The standard InChI is InChI=1S/C19H19N3O2/c1-19(2,3)14-11-17(23)22-16-10-12(7-8-13(14)16)21-18(24)15-6-4-5-9-20-15/h4-11H,1-3H3,(H,21,24)(H,22,23). The summed E-state index contributed by atoms with van der Waals surface area (Å²) < 4.78 is 0. The molecule has 0 saturated heterocycles. The van der Waals surface area contributed by atoms with Crippen molar-refractivity contribution in [2.24, 2.45) is 0 Å². The van der Waals surface area contributed by atoms with Crippen LogP contribution in [0.15, 0.2) is 53.5 Å². The highest BCUT2D eigenvalue weighted by molar-refractivity contribution is 6.03. The molecular weight excluding hydrogens is 302 g/mol. The molecule has 3 rings (SSSR count). The highest BCUT2D eigenvalue weighted by Crippen LogP contribution is 2.29. The molecule has 0 radical (unpaired) electrons. The van der Waals surface area contributed by atoms with Crippen molar-refractivity contribution in [2.75, 3.05) is 5.32 Å². The van der Waals surface area contributed by atoms with Crippen LogP contribution in [0.25, 0.3) is 10.9 Å². The molecule has 0 unspecified atom stereocenters. The van der Waals surface area contributed by atoms with Crippen LogP contribution in [-0.4, -0.2) is 15.9 Å². The molecule has 1 amide bonds. The lowest BCUT2D eigenvalue weighted by Crippen LogP contribution is -2.17. The van der Waals surface area contributed by atoms with Crippen LogP contribution in [0.4, 0.5) is 5.69 Å². The number of aromatic nitrogens is 2. The zero-order valence-electron chi connectivity index (χ0n) is 13.9. The van der Waals surface area contributed by atoms with E-state index in [1.165, 1.54) is 0 Å². The lowest BCUT2D eigenvalue weighted by Gasteiger charge is -2.21. The minimum Gasteiger partial charge on any atom is -0.322 e. The van der Waals surface area contributed by atoms with Crippen LogP contribution in [0.5, 0.6) is 0 Å². The Balaban J connectivity index is 2.00. The summed E-state index contributed by atoms with van der Waals surface area (Å²) in [4.78, 5) is 31.0. The predicted octanol–water partition coefficient (Wildman–Crippen LogP) is 3.47. The van der Waals surface area contributed by atoms with Crippen molar-refractivity contribution in [3.8, 4) is 0 Å². The number of rotatable bonds is 2. The zero-order chi connectivity index (χ0) is 17.3. The van der Waals surface area contributed by atoms with Gasteiger partial charge in [-0.3, -0.25) is 14.6 Å². The first-order valence-corrected chi connectivity index (χ1v) is 7.74. The molecule has 5 heteroatoms. The Morgan fingerprint density at radius 3 is 2.58 bits per heavy atom. The van der Waals surface area contributed by atoms with Gasteiger partial charge in [0.15, 0.2) is 0 Å². The third-order valence-corrected chi connectivity index (χ3v) is 3.81. The van der Waals surface area contributed by atoms with Crippen LogP contribution in [-0.2, 0) is 5.41 Å². The van der Waals surface area contributed by atoms with E-state index < -0.39 is 0 Å². The number of carbonyl (C=O) groups excluding carboxylic acids is 1. The predicted molar refractivity (Wildman–Crippen MR) is 95.5 cm³/mol. The number of hydrogen-bond acceptors (Lipinski definition) is 3. The smallest absolute Gasteiger partial charge is 0.274 e. The Labute approximate surface area is 139 Å². The molecule has 2 heterocycles. The van der Waals surface area contributed by atoms with Crippen molar-refractivity contribution in [2.45, 2.75) is 26.2 Å². The minimum atomic E-state index is -0.288. The summed E-state index contributed by atoms with van der Waals surface area (Å²) in [5.41, 5.74) is 2.33. The van der Waals surface area contributed by atoms with E-state index in [1.807, 2.05) is 12.1 Å². The highest BCUT2D eigenvalue weighted by atomic mass is 16.2. The molecule has 2 aromatic heterocycles. The fourth-order valence-corrected chi connectivity index (χ4v) is 2.65. The van der Waals surface area contributed by atoms with E-state index in [4.69, 9.17) is 0 Å². The largest absolute Gasteiger partial charge is 0.322 e. The van der Waals surface area contributed by atoms with Gasteiger partial charge >= 0.3 is 0 Å².